The summed E-state index contributed by atoms with van der Waals surface area (Å²) in [5, 5.41) is 9.17. The third-order valence-electron chi connectivity index (χ3n) is 3.54. The zero-order valence-electron chi connectivity index (χ0n) is 12.3. The van der Waals surface area contributed by atoms with E-state index in [4.69, 9.17) is 22.4 Å². The first kappa shape index (κ1) is 18.2. The van der Waals surface area contributed by atoms with Gasteiger partial charge in [0.25, 0.3) is 0 Å². The van der Waals surface area contributed by atoms with Crippen LogP contribution in [0.3, 0.4) is 0 Å². The molecule has 8 heteroatoms. The van der Waals surface area contributed by atoms with Crippen LogP contribution in [0.4, 0.5) is 13.2 Å². The molecular weight excluding hydrogens is 345 g/mol. The van der Waals surface area contributed by atoms with Crippen molar-refractivity contribution in [2.45, 2.75) is 18.5 Å². The molecule has 2 rings (SSSR count). The maximum absolute atomic E-state index is 12.8. The Balaban J connectivity index is 2.47. The number of rotatable bonds is 5. The smallest absolute Gasteiger partial charge is 0.417 e. The molecule has 0 bridgehead atoms. The van der Waals surface area contributed by atoms with E-state index < -0.39 is 23.6 Å². The second kappa shape index (κ2) is 7.19. The fourth-order valence-electron chi connectivity index (χ4n) is 2.31. The molecule has 0 saturated carbocycles. The fourth-order valence-corrected chi connectivity index (χ4v) is 2.54. The number of aromatic nitrogens is 1. The van der Waals surface area contributed by atoms with E-state index in [1.54, 1.807) is 12.1 Å². The zero-order chi connectivity index (χ0) is 17.9. The van der Waals surface area contributed by atoms with Crippen molar-refractivity contribution in [2.24, 2.45) is 5.73 Å². The van der Waals surface area contributed by atoms with Crippen molar-refractivity contribution in [1.29, 1.82) is 0 Å². The van der Waals surface area contributed by atoms with Gasteiger partial charge in [-0.1, -0.05) is 17.7 Å². The molecule has 1 atom stereocenters. The van der Waals surface area contributed by atoms with Gasteiger partial charge in [0.1, 0.15) is 0 Å². The molecule has 0 aliphatic carbocycles. The van der Waals surface area contributed by atoms with Crippen molar-refractivity contribution in [1.82, 2.24) is 4.98 Å². The number of carboxylic acids is 1. The first-order valence-electron chi connectivity index (χ1n) is 6.96. The second-order valence-electron chi connectivity index (χ2n) is 5.23. The van der Waals surface area contributed by atoms with Crippen LogP contribution >= 0.6 is 11.6 Å². The lowest BCUT2D eigenvalue weighted by molar-refractivity contribution is -0.138. The summed E-state index contributed by atoms with van der Waals surface area (Å²) in [6, 6.07) is 5.64. The van der Waals surface area contributed by atoms with Crippen molar-refractivity contribution < 1.29 is 23.1 Å². The normalized spacial score (nSPS) is 12.9. The van der Waals surface area contributed by atoms with Crippen LogP contribution in [0.5, 0.6) is 0 Å². The third-order valence-corrected chi connectivity index (χ3v) is 3.87. The summed E-state index contributed by atoms with van der Waals surface area (Å²) < 4.78 is 38.5. The van der Waals surface area contributed by atoms with Gasteiger partial charge in [-0.05, 0) is 30.3 Å². The molecule has 4 nitrogen and oxygen atoms in total. The highest BCUT2D eigenvalue weighted by atomic mass is 35.5. The lowest BCUT2D eigenvalue weighted by Crippen LogP contribution is -2.16. The summed E-state index contributed by atoms with van der Waals surface area (Å²) in [5.74, 6) is -1.47. The SMILES string of the molecule is NC[C@H](CC(=O)O)c1ccc(Cl)c(-c2cncc(C(F)(F)F)c2)c1. The minimum absolute atomic E-state index is 0.0915. The van der Waals surface area contributed by atoms with E-state index in [1.165, 1.54) is 12.3 Å². The summed E-state index contributed by atoms with van der Waals surface area (Å²) in [6.45, 7) is 0.0915. The second-order valence-corrected chi connectivity index (χ2v) is 5.64. The Kier molecular flexibility index (Phi) is 5.46. The van der Waals surface area contributed by atoms with Crippen molar-refractivity contribution in [3.8, 4) is 11.1 Å². The largest absolute Gasteiger partial charge is 0.481 e. The Bertz CT molecular complexity index is 750. The van der Waals surface area contributed by atoms with Gasteiger partial charge in [0.15, 0.2) is 0 Å². The summed E-state index contributed by atoms with van der Waals surface area (Å²) in [4.78, 5) is 14.5. The number of aliphatic carboxylic acids is 1. The van der Waals surface area contributed by atoms with Gasteiger partial charge < -0.3 is 10.8 Å². The number of carbonyl (C=O) groups is 1. The van der Waals surface area contributed by atoms with Gasteiger partial charge >= 0.3 is 12.1 Å². The van der Waals surface area contributed by atoms with Crippen LogP contribution in [0.2, 0.25) is 5.02 Å². The Hall–Kier alpha value is -2.12. The number of nitrogens with zero attached hydrogens (tertiary/aromatic N) is 1. The van der Waals surface area contributed by atoms with Gasteiger partial charge in [0.05, 0.1) is 12.0 Å². The van der Waals surface area contributed by atoms with Gasteiger partial charge in [0.2, 0.25) is 0 Å². The van der Waals surface area contributed by atoms with E-state index in [1.807, 2.05) is 0 Å². The van der Waals surface area contributed by atoms with Crippen LogP contribution in [-0.4, -0.2) is 22.6 Å². The van der Waals surface area contributed by atoms with Crippen LogP contribution in [0.1, 0.15) is 23.5 Å². The molecule has 0 aliphatic rings. The molecule has 0 aliphatic heterocycles. The van der Waals surface area contributed by atoms with Gasteiger partial charge in [-0.3, -0.25) is 9.78 Å². The van der Waals surface area contributed by atoms with Crippen LogP contribution in [0.25, 0.3) is 11.1 Å². The lowest BCUT2D eigenvalue weighted by atomic mass is 9.93. The third kappa shape index (κ3) is 4.24. The molecule has 0 radical (unpaired) electrons. The topological polar surface area (TPSA) is 76.2 Å². The number of pyridine rings is 1. The first-order chi connectivity index (χ1) is 11.2. The summed E-state index contributed by atoms with van der Waals surface area (Å²) in [7, 11) is 0. The Morgan fingerprint density at radius 2 is 2.00 bits per heavy atom. The molecule has 1 heterocycles. The highest BCUT2D eigenvalue weighted by molar-refractivity contribution is 6.33. The van der Waals surface area contributed by atoms with Gasteiger partial charge in [0, 0.05) is 34.5 Å². The van der Waals surface area contributed by atoms with E-state index in [2.05, 4.69) is 4.98 Å². The molecule has 0 fully saturated rings. The lowest BCUT2D eigenvalue weighted by Gasteiger charge is -2.15. The molecule has 24 heavy (non-hydrogen) atoms. The van der Waals surface area contributed by atoms with Crippen LogP contribution in [0, 0.1) is 0 Å². The number of carboxylic acid groups (broad SMARTS) is 1. The molecular formula is C16H14ClF3N2O2. The Morgan fingerprint density at radius 3 is 2.58 bits per heavy atom. The van der Waals surface area contributed by atoms with E-state index in [-0.39, 0.29) is 23.6 Å². The minimum Gasteiger partial charge on any atom is -0.481 e. The Labute approximate surface area is 141 Å². The Morgan fingerprint density at radius 1 is 1.29 bits per heavy atom. The number of benzene rings is 1. The van der Waals surface area contributed by atoms with E-state index >= 15 is 0 Å². The predicted octanol–water partition coefficient (Wildman–Crippen LogP) is 3.94. The molecule has 0 amide bonds. The number of alkyl halides is 3. The minimum atomic E-state index is -4.52. The van der Waals surface area contributed by atoms with E-state index in [0.717, 1.165) is 12.3 Å². The standard InChI is InChI=1S/C16H14ClF3N2O2/c17-14-2-1-9(10(6-21)5-15(23)24)4-13(14)11-3-12(8-22-7-11)16(18,19)20/h1-4,7-8,10H,5-6,21H2,(H,23,24)/t10-/m0/s1. The average molecular weight is 359 g/mol. The number of nitrogens with two attached hydrogens (primary N) is 1. The molecule has 1 aromatic carbocycles. The van der Waals surface area contributed by atoms with Crippen molar-refractivity contribution in [3.05, 3.63) is 52.8 Å². The number of halogens is 4. The highest BCUT2D eigenvalue weighted by Crippen LogP contribution is 2.35. The average Bonchev–Trinajstić information content (AvgIpc) is 2.52. The van der Waals surface area contributed by atoms with Gasteiger partial charge in [-0.2, -0.15) is 13.2 Å². The van der Waals surface area contributed by atoms with Crippen LogP contribution < -0.4 is 5.73 Å². The highest BCUT2D eigenvalue weighted by Gasteiger charge is 2.31. The van der Waals surface area contributed by atoms with E-state index in [0.29, 0.717) is 11.1 Å². The van der Waals surface area contributed by atoms with Gasteiger partial charge in [-0.25, -0.2) is 0 Å². The molecule has 2 aromatic rings. The summed E-state index contributed by atoms with van der Waals surface area (Å²) >= 11 is 6.09. The zero-order valence-corrected chi connectivity index (χ0v) is 13.1. The quantitative estimate of drug-likeness (QED) is 0.848. The molecule has 0 unspecified atom stereocenters. The molecule has 0 spiro atoms. The molecule has 0 saturated heterocycles. The maximum Gasteiger partial charge on any atom is 0.417 e. The monoisotopic (exact) mass is 358 g/mol. The van der Waals surface area contributed by atoms with Crippen molar-refractivity contribution >= 4 is 17.6 Å². The number of hydrogen-bond acceptors (Lipinski definition) is 3. The van der Waals surface area contributed by atoms with E-state index in [9.17, 15) is 18.0 Å². The van der Waals surface area contributed by atoms with Crippen LogP contribution in [-0.2, 0) is 11.0 Å². The van der Waals surface area contributed by atoms with Gasteiger partial charge in [-0.15, -0.1) is 0 Å². The van der Waals surface area contributed by atoms with Crippen molar-refractivity contribution in [3.63, 3.8) is 0 Å². The fraction of sp³-hybridized carbons (Fsp3) is 0.250. The van der Waals surface area contributed by atoms with Crippen LogP contribution in [0.15, 0.2) is 36.7 Å². The molecule has 128 valence electrons. The predicted molar refractivity (Wildman–Crippen MR) is 83.7 cm³/mol. The summed E-state index contributed by atoms with van der Waals surface area (Å²) in [6.07, 6.45) is -2.70. The maximum atomic E-state index is 12.8. The first-order valence-corrected chi connectivity index (χ1v) is 7.34. The molecule has 1 aromatic heterocycles. The molecule has 3 N–H and O–H groups in total. The number of hydrogen-bond donors (Lipinski definition) is 2. The summed E-state index contributed by atoms with van der Waals surface area (Å²) in [5.41, 5.74) is 5.85. The van der Waals surface area contributed by atoms with Crippen molar-refractivity contribution in [2.75, 3.05) is 6.54 Å².